The fraction of sp³-hybridized carbons (Fsp3) is 0.485. The van der Waals surface area contributed by atoms with Gasteiger partial charge < -0.3 is 24.4 Å². The highest BCUT2D eigenvalue weighted by Crippen LogP contribution is 2.46. The molecular weight excluding hydrogens is 552 g/mol. The third-order valence-corrected chi connectivity index (χ3v) is 8.60. The number of piperidine rings is 1. The molecule has 2 aliphatic rings. The molecule has 8 nitrogen and oxygen atoms in total. The average Bonchev–Trinajstić information content (AvgIpc) is 3.75. The first-order valence-electron chi connectivity index (χ1n) is 15.2. The van der Waals surface area contributed by atoms with Crippen molar-refractivity contribution in [2.45, 2.75) is 52.1 Å². The summed E-state index contributed by atoms with van der Waals surface area (Å²) in [7, 11) is 4.08. The molecule has 6 rings (SSSR count). The maximum Gasteiger partial charge on any atom is 0.319 e. The number of hydrogen-bond donors (Lipinski definition) is 1. The number of anilines is 1. The molecule has 43 heavy (non-hydrogen) atoms. The second kappa shape index (κ2) is 11.8. The minimum absolute atomic E-state index is 0.0126. The van der Waals surface area contributed by atoms with Gasteiger partial charge in [-0.25, -0.2) is 8.78 Å². The van der Waals surface area contributed by atoms with E-state index in [-0.39, 0.29) is 40.3 Å². The lowest BCUT2D eigenvalue weighted by Crippen LogP contribution is -2.40. The summed E-state index contributed by atoms with van der Waals surface area (Å²) >= 11 is 0. The van der Waals surface area contributed by atoms with Gasteiger partial charge in [-0.2, -0.15) is 9.97 Å². The predicted octanol–water partition coefficient (Wildman–Crippen LogP) is 6.12. The summed E-state index contributed by atoms with van der Waals surface area (Å²) in [5, 5.41) is 12.1. The van der Waals surface area contributed by atoms with E-state index in [1.54, 1.807) is 18.3 Å². The van der Waals surface area contributed by atoms with Crippen LogP contribution >= 0.6 is 0 Å². The van der Waals surface area contributed by atoms with Crippen LogP contribution < -0.4 is 9.64 Å². The number of ether oxygens (including phenoxy) is 2. The number of phenols is 1. The number of fused-ring (bicyclic) bond motifs is 2. The Morgan fingerprint density at radius 1 is 1.14 bits per heavy atom. The summed E-state index contributed by atoms with van der Waals surface area (Å²) in [5.41, 5.74) is 0.849. The van der Waals surface area contributed by atoms with Crippen molar-refractivity contribution in [1.29, 1.82) is 0 Å². The van der Waals surface area contributed by atoms with Crippen molar-refractivity contribution in [3.8, 4) is 23.0 Å². The van der Waals surface area contributed by atoms with Crippen LogP contribution in [0.5, 0.6) is 11.8 Å². The second-order valence-corrected chi connectivity index (χ2v) is 12.2. The van der Waals surface area contributed by atoms with Gasteiger partial charge in [0.25, 0.3) is 0 Å². The Balaban J connectivity index is 1.49. The lowest BCUT2D eigenvalue weighted by atomic mass is 9.94. The number of aromatic hydroxyl groups is 1. The highest BCUT2D eigenvalue weighted by atomic mass is 19.1. The summed E-state index contributed by atoms with van der Waals surface area (Å²) in [6.07, 6.45) is 5.97. The van der Waals surface area contributed by atoms with E-state index < -0.39 is 5.82 Å². The zero-order valence-electron chi connectivity index (χ0n) is 25.3. The zero-order chi connectivity index (χ0) is 30.3. The molecule has 1 aliphatic heterocycles. The van der Waals surface area contributed by atoms with E-state index in [0.29, 0.717) is 59.3 Å². The van der Waals surface area contributed by atoms with Gasteiger partial charge in [0.2, 0.25) is 0 Å². The quantitative estimate of drug-likeness (QED) is 0.236. The number of pyridine rings is 1. The monoisotopic (exact) mass is 591 g/mol. The summed E-state index contributed by atoms with van der Waals surface area (Å²) in [5.74, 6) is -0.558. The molecule has 3 heterocycles. The van der Waals surface area contributed by atoms with Crippen LogP contribution in [0.3, 0.4) is 0 Å². The summed E-state index contributed by atoms with van der Waals surface area (Å²) in [6.45, 7) is 7.12. The summed E-state index contributed by atoms with van der Waals surface area (Å²) < 4.78 is 43.7. The molecule has 1 N–H and O–H groups in total. The van der Waals surface area contributed by atoms with Gasteiger partial charge in [0.1, 0.15) is 28.6 Å². The Kier molecular flexibility index (Phi) is 8.08. The van der Waals surface area contributed by atoms with Crippen LogP contribution in [0.2, 0.25) is 0 Å². The number of nitrogens with zero attached hydrogens (tertiary/aromatic N) is 5. The zero-order valence-corrected chi connectivity index (χ0v) is 25.3. The predicted molar refractivity (Wildman–Crippen MR) is 164 cm³/mol. The van der Waals surface area contributed by atoms with Crippen molar-refractivity contribution in [3.63, 3.8) is 0 Å². The van der Waals surface area contributed by atoms with Crippen LogP contribution in [-0.2, 0) is 11.2 Å². The molecular formula is C33H39F2N5O3. The van der Waals surface area contributed by atoms with E-state index >= 15 is 4.39 Å². The van der Waals surface area contributed by atoms with Crippen LogP contribution in [0.25, 0.3) is 32.9 Å². The molecule has 0 amide bonds. The number of hydrogen-bond acceptors (Lipinski definition) is 8. The molecule has 0 radical (unpaired) electrons. The molecule has 0 bridgehead atoms. The van der Waals surface area contributed by atoms with Gasteiger partial charge in [-0.1, -0.05) is 13.0 Å². The standard InChI is InChI=1S/C33H39F2N5O3/c1-5-23-26(34)10-9-20-14-21(41)15-24(27(20)23)29-28(35)30-25(16-36-29)31(40-13-7-8-22(17-40)42-6-2)38-32(37-30)43-19-33(11-12-33)18-39(3)4/h9-10,14-16,22,41H,5-8,11-13,17-19H2,1-4H3/t22-/m1/s1. The van der Waals surface area contributed by atoms with E-state index in [0.717, 1.165) is 38.8 Å². The number of halogens is 2. The van der Waals surface area contributed by atoms with E-state index in [2.05, 4.69) is 19.8 Å². The largest absolute Gasteiger partial charge is 0.508 e. The van der Waals surface area contributed by atoms with Gasteiger partial charge in [-0.05, 0) is 87.7 Å². The molecule has 1 atom stereocenters. The minimum atomic E-state index is -0.669. The highest BCUT2D eigenvalue weighted by molar-refractivity contribution is 6.01. The fourth-order valence-electron chi connectivity index (χ4n) is 6.46. The topological polar surface area (TPSA) is 83.8 Å². The normalized spacial score (nSPS) is 18.1. The molecule has 2 aromatic carbocycles. The van der Waals surface area contributed by atoms with Crippen molar-refractivity contribution in [3.05, 3.63) is 47.7 Å². The lowest BCUT2D eigenvalue weighted by Gasteiger charge is -2.34. The summed E-state index contributed by atoms with van der Waals surface area (Å²) in [6, 6.07) is 6.06. The van der Waals surface area contributed by atoms with Crippen molar-refractivity contribution in [1.82, 2.24) is 19.9 Å². The molecule has 228 valence electrons. The molecule has 0 unspecified atom stereocenters. The van der Waals surface area contributed by atoms with E-state index in [4.69, 9.17) is 14.5 Å². The van der Waals surface area contributed by atoms with Gasteiger partial charge in [-0.3, -0.25) is 4.98 Å². The lowest BCUT2D eigenvalue weighted by molar-refractivity contribution is 0.0525. The van der Waals surface area contributed by atoms with Gasteiger partial charge in [0.15, 0.2) is 5.82 Å². The van der Waals surface area contributed by atoms with E-state index in [1.807, 2.05) is 27.9 Å². The Bertz CT molecular complexity index is 1660. The third kappa shape index (κ3) is 5.82. The Hall–Kier alpha value is -3.63. The SMILES string of the molecule is CCO[C@@H]1CCCN(c2nc(OCC3(CN(C)C)CC3)nc3c(F)c(-c4cc(O)cc5ccc(F)c(CC)c45)ncc23)C1. The number of aryl methyl sites for hydroxylation is 1. The van der Waals surface area contributed by atoms with Crippen LogP contribution in [0.4, 0.5) is 14.6 Å². The smallest absolute Gasteiger partial charge is 0.319 e. The fourth-order valence-corrected chi connectivity index (χ4v) is 6.46. The number of aromatic nitrogens is 3. The molecule has 0 spiro atoms. The van der Waals surface area contributed by atoms with Gasteiger partial charge in [0, 0.05) is 43.4 Å². The molecule has 4 aromatic rings. The second-order valence-electron chi connectivity index (χ2n) is 12.2. The van der Waals surface area contributed by atoms with Gasteiger partial charge >= 0.3 is 6.01 Å². The molecule has 1 saturated carbocycles. The van der Waals surface area contributed by atoms with Gasteiger partial charge in [-0.15, -0.1) is 0 Å². The molecule has 1 saturated heterocycles. The Labute approximate surface area is 250 Å². The van der Waals surface area contributed by atoms with Crippen LogP contribution in [-0.4, -0.2) is 78.0 Å². The Morgan fingerprint density at radius 3 is 2.67 bits per heavy atom. The Morgan fingerprint density at radius 2 is 1.95 bits per heavy atom. The maximum absolute atomic E-state index is 16.7. The van der Waals surface area contributed by atoms with Crippen molar-refractivity contribution >= 4 is 27.5 Å². The molecule has 1 aliphatic carbocycles. The molecule has 2 aromatic heterocycles. The number of rotatable bonds is 10. The average molecular weight is 592 g/mol. The number of phenolic OH excluding ortho intramolecular Hbond substituents is 1. The van der Waals surface area contributed by atoms with E-state index in [1.165, 1.54) is 12.1 Å². The van der Waals surface area contributed by atoms with Crippen LogP contribution in [0.15, 0.2) is 30.5 Å². The van der Waals surface area contributed by atoms with Crippen molar-refractivity contribution in [2.75, 3.05) is 51.8 Å². The maximum atomic E-state index is 16.7. The first-order chi connectivity index (χ1) is 20.7. The van der Waals surface area contributed by atoms with E-state index in [9.17, 15) is 9.50 Å². The molecule has 2 fully saturated rings. The van der Waals surface area contributed by atoms with Crippen molar-refractivity contribution < 1.29 is 23.4 Å². The summed E-state index contributed by atoms with van der Waals surface area (Å²) in [4.78, 5) is 18.2. The first-order valence-corrected chi connectivity index (χ1v) is 15.2. The van der Waals surface area contributed by atoms with Crippen molar-refractivity contribution in [2.24, 2.45) is 5.41 Å². The van der Waals surface area contributed by atoms with Crippen LogP contribution in [0, 0.1) is 17.0 Å². The number of benzene rings is 2. The molecule has 10 heteroatoms. The minimum Gasteiger partial charge on any atom is -0.508 e. The highest BCUT2D eigenvalue weighted by Gasteiger charge is 2.44. The van der Waals surface area contributed by atoms with Crippen LogP contribution in [0.1, 0.15) is 45.1 Å². The van der Waals surface area contributed by atoms with Gasteiger partial charge in [0.05, 0.1) is 18.1 Å². The first kappa shape index (κ1) is 29.4. The third-order valence-electron chi connectivity index (χ3n) is 8.60.